The molecule has 0 fully saturated rings. The molecule has 102 valence electrons. The summed E-state index contributed by atoms with van der Waals surface area (Å²) in [5, 5.41) is 2.82. The third kappa shape index (κ3) is 8.19. The first-order valence-corrected chi connectivity index (χ1v) is 6.57. The number of rotatable bonds is 8. The summed E-state index contributed by atoms with van der Waals surface area (Å²) in [6, 6.07) is 0. The summed E-state index contributed by atoms with van der Waals surface area (Å²) in [7, 11) is 0. The lowest BCUT2D eigenvalue weighted by Crippen LogP contribution is -2.32. The molecule has 0 aromatic carbocycles. The number of amides is 1. The van der Waals surface area contributed by atoms with E-state index in [0.717, 1.165) is 13.0 Å². The van der Waals surface area contributed by atoms with Crippen molar-refractivity contribution >= 4 is 5.91 Å². The van der Waals surface area contributed by atoms with Crippen molar-refractivity contribution in [1.82, 2.24) is 5.32 Å². The van der Waals surface area contributed by atoms with Crippen LogP contribution in [0.15, 0.2) is 0 Å². The normalized spacial score (nSPS) is 12.6. The largest absolute Gasteiger partial charge is 0.380 e. The smallest absolute Gasteiger partial charge is 0.220 e. The van der Waals surface area contributed by atoms with Crippen molar-refractivity contribution in [2.75, 3.05) is 19.8 Å². The van der Waals surface area contributed by atoms with E-state index in [9.17, 15) is 4.79 Å². The van der Waals surface area contributed by atoms with Crippen molar-refractivity contribution in [1.29, 1.82) is 0 Å². The standard InChI is InChI=1S/C14H29NO2/c1-7-13(3,4)10-17-11-14(5,6)9-12(16)15-8-2/h7-11H2,1-6H3,(H,15,16). The molecule has 0 rings (SSSR count). The summed E-state index contributed by atoms with van der Waals surface area (Å²) in [5.74, 6) is 0.107. The summed E-state index contributed by atoms with van der Waals surface area (Å²) >= 11 is 0. The van der Waals surface area contributed by atoms with E-state index in [1.807, 2.05) is 6.92 Å². The van der Waals surface area contributed by atoms with E-state index in [1.54, 1.807) is 0 Å². The summed E-state index contributed by atoms with van der Waals surface area (Å²) < 4.78 is 5.75. The van der Waals surface area contributed by atoms with E-state index >= 15 is 0 Å². The van der Waals surface area contributed by atoms with Gasteiger partial charge in [0.15, 0.2) is 0 Å². The van der Waals surface area contributed by atoms with Crippen LogP contribution in [-0.2, 0) is 9.53 Å². The molecule has 0 aromatic rings. The van der Waals surface area contributed by atoms with Gasteiger partial charge in [-0.3, -0.25) is 4.79 Å². The molecule has 0 aliphatic rings. The fourth-order valence-corrected chi connectivity index (χ4v) is 1.45. The van der Waals surface area contributed by atoms with Crippen LogP contribution < -0.4 is 5.32 Å². The van der Waals surface area contributed by atoms with Crippen LogP contribution in [-0.4, -0.2) is 25.7 Å². The van der Waals surface area contributed by atoms with Crippen LogP contribution in [0.25, 0.3) is 0 Å². The van der Waals surface area contributed by atoms with Crippen molar-refractivity contribution in [3.05, 3.63) is 0 Å². The number of nitrogens with one attached hydrogen (secondary N) is 1. The number of hydrogen-bond donors (Lipinski definition) is 1. The van der Waals surface area contributed by atoms with Crippen LogP contribution >= 0.6 is 0 Å². The Labute approximate surface area is 106 Å². The van der Waals surface area contributed by atoms with Crippen molar-refractivity contribution in [3.8, 4) is 0 Å². The van der Waals surface area contributed by atoms with E-state index in [4.69, 9.17) is 4.74 Å². The molecule has 0 heterocycles. The third-order valence-corrected chi connectivity index (χ3v) is 2.96. The van der Waals surface area contributed by atoms with Gasteiger partial charge in [0.05, 0.1) is 13.2 Å². The zero-order valence-electron chi connectivity index (χ0n) is 12.4. The minimum atomic E-state index is -0.0942. The van der Waals surface area contributed by atoms with Crippen LogP contribution in [0, 0.1) is 10.8 Å². The molecular weight excluding hydrogens is 214 g/mol. The zero-order valence-corrected chi connectivity index (χ0v) is 12.4. The summed E-state index contributed by atoms with van der Waals surface area (Å²) in [6.45, 7) is 14.7. The Morgan fingerprint density at radius 3 is 2.06 bits per heavy atom. The molecule has 0 aliphatic carbocycles. The lowest BCUT2D eigenvalue weighted by atomic mass is 9.89. The molecule has 0 aliphatic heterocycles. The van der Waals surface area contributed by atoms with E-state index in [1.165, 1.54) is 0 Å². The van der Waals surface area contributed by atoms with E-state index < -0.39 is 0 Å². The van der Waals surface area contributed by atoms with E-state index in [-0.39, 0.29) is 16.7 Å². The first kappa shape index (κ1) is 16.4. The van der Waals surface area contributed by atoms with Crippen LogP contribution in [0.5, 0.6) is 0 Å². The Hall–Kier alpha value is -0.570. The SMILES string of the molecule is CCNC(=O)CC(C)(C)COCC(C)(C)CC. The van der Waals surface area contributed by atoms with Crippen molar-refractivity contribution in [3.63, 3.8) is 0 Å². The molecule has 1 amide bonds. The van der Waals surface area contributed by atoms with Crippen LogP contribution in [0.2, 0.25) is 0 Å². The topological polar surface area (TPSA) is 38.3 Å². The zero-order chi connectivity index (χ0) is 13.5. The maximum atomic E-state index is 11.5. The Morgan fingerprint density at radius 1 is 1.06 bits per heavy atom. The predicted octanol–water partition coefficient (Wildman–Crippen LogP) is 2.99. The molecule has 0 radical (unpaired) electrons. The minimum Gasteiger partial charge on any atom is -0.380 e. The molecule has 0 atom stereocenters. The van der Waals surface area contributed by atoms with E-state index in [0.29, 0.717) is 19.6 Å². The number of ether oxygens (including phenoxy) is 1. The first-order chi connectivity index (χ1) is 7.72. The highest BCUT2D eigenvalue weighted by atomic mass is 16.5. The average molecular weight is 243 g/mol. The van der Waals surface area contributed by atoms with Gasteiger partial charge in [0, 0.05) is 13.0 Å². The van der Waals surface area contributed by atoms with Crippen molar-refractivity contribution < 1.29 is 9.53 Å². The second kappa shape index (κ2) is 7.00. The molecule has 0 spiro atoms. The fraction of sp³-hybridized carbons (Fsp3) is 0.929. The lowest BCUT2D eigenvalue weighted by Gasteiger charge is -2.28. The Kier molecular flexibility index (Phi) is 6.76. The lowest BCUT2D eigenvalue weighted by molar-refractivity contribution is -0.124. The molecule has 3 heteroatoms. The maximum absolute atomic E-state index is 11.5. The molecule has 0 saturated carbocycles. The van der Waals surface area contributed by atoms with Gasteiger partial charge in [0.2, 0.25) is 5.91 Å². The summed E-state index contributed by atoms with van der Waals surface area (Å²) in [4.78, 5) is 11.5. The third-order valence-electron chi connectivity index (χ3n) is 2.96. The monoisotopic (exact) mass is 243 g/mol. The predicted molar refractivity (Wildman–Crippen MR) is 72.0 cm³/mol. The molecule has 1 N–H and O–H groups in total. The molecule has 0 saturated heterocycles. The van der Waals surface area contributed by atoms with Gasteiger partial charge < -0.3 is 10.1 Å². The summed E-state index contributed by atoms with van der Waals surface area (Å²) in [6.07, 6.45) is 1.62. The van der Waals surface area contributed by atoms with Gasteiger partial charge in [0.25, 0.3) is 0 Å². The average Bonchev–Trinajstić information content (AvgIpc) is 2.16. The van der Waals surface area contributed by atoms with Gasteiger partial charge >= 0.3 is 0 Å². The molecule has 0 unspecified atom stereocenters. The summed E-state index contributed by atoms with van der Waals surface area (Å²) in [5.41, 5.74) is 0.130. The van der Waals surface area contributed by atoms with Gasteiger partial charge in [0.1, 0.15) is 0 Å². The maximum Gasteiger partial charge on any atom is 0.220 e. The fourth-order valence-electron chi connectivity index (χ4n) is 1.45. The van der Waals surface area contributed by atoms with Crippen LogP contribution in [0.1, 0.15) is 54.4 Å². The molecule has 17 heavy (non-hydrogen) atoms. The Bertz CT molecular complexity index is 234. The highest BCUT2D eigenvalue weighted by molar-refractivity contribution is 5.76. The van der Waals surface area contributed by atoms with Crippen molar-refractivity contribution in [2.45, 2.75) is 54.4 Å². The first-order valence-electron chi connectivity index (χ1n) is 6.57. The van der Waals surface area contributed by atoms with Crippen LogP contribution in [0.3, 0.4) is 0 Å². The second-order valence-corrected chi connectivity index (χ2v) is 6.31. The minimum absolute atomic E-state index is 0.0942. The van der Waals surface area contributed by atoms with Gasteiger partial charge in [-0.25, -0.2) is 0 Å². The van der Waals surface area contributed by atoms with E-state index in [2.05, 4.69) is 39.9 Å². The molecular formula is C14H29NO2. The van der Waals surface area contributed by atoms with Gasteiger partial charge in [-0.05, 0) is 24.2 Å². The van der Waals surface area contributed by atoms with Gasteiger partial charge in [-0.15, -0.1) is 0 Å². The number of hydrogen-bond acceptors (Lipinski definition) is 2. The Balaban J connectivity index is 3.97. The van der Waals surface area contributed by atoms with Gasteiger partial charge in [-0.2, -0.15) is 0 Å². The molecule has 0 bridgehead atoms. The second-order valence-electron chi connectivity index (χ2n) is 6.31. The number of carbonyl (C=O) groups is 1. The van der Waals surface area contributed by atoms with Crippen LogP contribution in [0.4, 0.5) is 0 Å². The molecule has 3 nitrogen and oxygen atoms in total. The molecule has 0 aromatic heterocycles. The number of carbonyl (C=O) groups excluding carboxylic acids is 1. The highest BCUT2D eigenvalue weighted by Gasteiger charge is 2.24. The highest BCUT2D eigenvalue weighted by Crippen LogP contribution is 2.24. The van der Waals surface area contributed by atoms with Crippen molar-refractivity contribution in [2.24, 2.45) is 10.8 Å². The Morgan fingerprint density at radius 2 is 1.59 bits per heavy atom. The van der Waals surface area contributed by atoms with Gasteiger partial charge in [-0.1, -0.05) is 34.6 Å². The quantitative estimate of drug-likeness (QED) is 0.711.